The van der Waals surface area contributed by atoms with Crippen molar-refractivity contribution in [2.24, 2.45) is 0 Å². The molecule has 0 bridgehead atoms. The summed E-state index contributed by atoms with van der Waals surface area (Å²) in [5, 5.41) is 12.4. The first-order valence-corrected chi connectivity index (χ1v) is 10.3. The Morgan fingerprint density at radius 3 is 2.84 bits per heavy atom. The lowest BCUT2D eigenvalue weighted by molar-refractivity contribution is 0.0951. The minimum atomic E-state index is -0.621. The van der Waals surface area contributed by atoms with E-state index < -0.39 is 5.95 Å². The average molecular weight is 419 g/mol. The number of hydrogen-bond acceptors (Lipinski definition) is 7. The summed E-state index contributed by atoms with van der Waals surface area (Å²) >= 11 is 0. The quantitative estimate of drug-likeness (QED) is 0.455. The van der Waals surface area contributed by atoms with Crippen LogP contribution in [-0.4, -0.2) is 33.4 Å². The number of amides is 1. The second kappa shape index (κ2) is 8.27. The van der Waals surface area contributed by atoms with Gasteiger partial charge in [0.25, 0.3) is 5.91 Å². The monoisotopic (exact) mass is 419 g/mol. The molecule has 5 rings (SSSR count). The molecule has 2 aliphatic rings. The Balaban J connectivity index is 1.43. The highest BCUT2D eigenvalue weighted by molar-refractivity contribution is 5.99. The van der Waals surface area contributed by atoms with Crippen LogP contribution in [0.2, 0.25) is 0 Å². The van der Waals surface area contributed by atoms with Crippen LogP contribution in [0.1, 0.15) is 34.3 Å². The van der Waals surface area contributed by atoms with Crippen LogP contribution in [0, 0.1) is 5.95 Å². The molecule has 0 spiro atoms. The van der Waals surface area contributed by atoms with E-state index in [4.69, 9.17) is 0 Å². The number of nitrogens with one attached hydrogen (secondary N) is 4. The zero-order valence-corrected chi connectivity index (χ0v) is 16.8. The van der Waals surface area contributed by atoms with Crippen molar-refractivity contribution in [3.05, 3.63) is 65.2 Å². The summed E-state index contributed by atoms with van der Waals surface area (Å²) in [5.41, 5.74) is 3.70. The van der Waals surface area contributed by atoms with Gasteiger partial charge in [0.2, 0.25) is 11.9 Å². The van der Waals surface area contributed by atoms with Crippen LogP contribution in [0.5, 0.6) is 0 Å². The molecule has 158 valence electrons. The Kier molecular flexibility index (Phi) is 5.17. The molecule has 31 heavy (non-hydrogen) atoms. The first-order chi connectivity index (χ1) is 15.1. The van der Waals surface area contributed by atoms with Gasteiger partial charge in [-0.2, -0.15) is 9.37 Å². The van der Waals surface area contributed by atoms with E-state index in [2.05, 4.69) is 48.4 Å². The van der Waals surface area contributed by atoms with Crippen LogP contribution < -0.4 is 21.3 Å². The summed E-state index contributed by atoms with van der Waals surface area (Å²) in [5.74, 6) is -0.0548. The Hall–Kier alpha value is -3.59. The minimum absolute atomic E-state index is 0.189. The number of carbonyl (C=O) groups is 1. The average Bonchev–Trinajstić information content (AvgIpc) is 3.58. The third kappa shape index (κ3) is 4.61. The molecule has 4 N–H and O–H groups in total. The minimum Gasteiger partial charge on any atom is -0.349 e. The molecule has 0 radical (unpaired) electrons. The fraction of sp³-hybridized carbons (Fsp3) is 0.273. The predicted octanol–water partition coefficient (Wildman–Crippen LogP) is 3.04. The maximum Gasteiger partial charge on any atom is 0.256 e. The number of pyridine rings is 1. The number of benzene rings is 1. The molecule has 3 heterocycles. The number of anilines is 4. The SMILES string of the molecule is O=C(NC1CC1)c1cnc(Nc2ccc3c(c2)CNCC3)nc1Nc1cccc(F)n1. The number of halogens is 1. The number of carbonyl (C=O) groups excluding carboxylic acids is 1. The van der Waals surface area contributed by atoms with Crippen molar-refractivity contribution in [2.45, 2.75) is 31.8 Å². The molecular weight excluding hydrogens is 397 g/mol. The molecule has 1 saturated carbocycles. The van der Waals surface area contributed by atoms with Crippen molar-refractivity contribution >= 4 is 29.2 Å². The first-order valence-electron chi connectivity index (χ1n) is 10.3. The van der Waals surface area contributed by atoms with Gasteiger partial charge in [0.15, 0.2) is 0 Å². The normalized spacial score (nSPS) is 15.1. The van der Waals surface area contributed by atoms with E-state index >= 15 is 0 Å². The Morgan fingerprint density at radius 2 is 2.00 bits per heavy atom. The number of rotatable bonds is 6. The lowest BCUT2D eigenvalue weighted by Gasteiger charge is -2.18. The van der Waals surface area contributed by atoms with Crippen LogP contribution in [0.15, 0.2) is 42.6 Å². The molecule has 1 aromatic carbocycles. The van der Waals surface area contributed by atoms with Gasteiger partial charge in [-0.1, -0.05) is 12.1 Å². The summed E-state index contributed by atoms with van der Waals surface area (Å²) < 4.78 is 13.5. The second-order valence-corrected chi connectivity index (χ2v) is 7.71. The van der Waals surface area contributed by atoms with Gasteiger partial charge in [-0.25, -0.2) is 9.97 Å². The third-order valence-electron chi connectivity index (χ3n) is 5.26. The van der Waals surface area contributed by atoms with E-state index in [0.717, 1.165) is 38.0 Å². The Labute approximate surface area is 178 Å². The van der Waals surface area contributed by atoms with Crippen LogP contribution in [-0.2, 0) is 13.0 Å². The second-order valence-electron chi connectivity index (χ2n) is 7.71. The van der Waals surface area contributed by atoms with Crippen molar-refractivity contribution in [2.75, 3.05) is 17.2 Å². The Bertz CT molecular complexity index is 1130. The molecule has 8 nitrogen and oxygen atoms in total. The molecule has 0 saturated heterocycles. The number of fused-ring (bicyclic) bond motifs is 1. The van der Waals surface area contributed by atoms with Gasteiger partial charge in [0.1, 0.15) is 17.2 Å². The fourth-order valence-electron chi connectivity index (χ4n) is 3.48. The molecule has 1 aliphatic heterocycles. The van der Waals surface area contributed by atoms with Crippen molar-refractivity contribution in [3.63, 3.8) is 0 Å². The van der Waals surface area contributed by atoms with Crippen molar-refractivity contribution in [3.8, 4) is 0 Å². The Morgan fingerprint density at radius 1 is 1.10 bits per heavy atom. The van der Waals surface area contributed by atoms with Crippen molar-refractivity contribution < 1.29 is 9.18 Å². The molecule has 1 aliphatic carbocycles. The first kappa shape index (κ1) is 19.4. The van der Waals surface area contributed by atoms with E-state index in [1.165, 1.54) is 29.5 Å². The fourth-order valence-corrected chi connectivity index (χ4v) is 3.48. The summed E-state index contributed by atoms with van der Waals surface area (Å²) in [4.78, 5) is 25.3. The predicted molar refractivity (Wildman–Crippen MR) is 115 cm³/mol. The van der Waals surface area contributed by atoms with Gasteiger partial charge in [-0.3, -0.25) is 4.79 Å². The highest BCUT2D eigenvalue weighted by Crippen LogP contribution is 2.25. The molecule has 9 heteroatoms. The van der Waals surface area contributed by atoms with Gasteiger partial charge in [0, 0.05) is 24.5 Å². The maximum absolute atomic E-state index is 13.5. The highest BCUT2D eigenvalue weighted by atomic mass is 19.1. The van der Waals surface area contributed by atoms with Crippen LogP contribution in [0.3, 0.4) is 0 Å². The van der Waals surface area contributed by atoms with E-state index in [9.17, 15) is 9.18 Å². The number of hydrogen-bond donors (Lipinski definition) is 4. The molecular formula is C22H22FN7O. The van der Waals surface area contributed by atoms with Gasteiger partial charge >= 0.3 is 0 Å². The van der Waals surface area contributed by atoms with Gasteiger partial charge in [0.05, 0.1) is 0 Å². The smallest absolute Gasteiger partial charge is 0.256 e. The van der Waals surface area contributed by atoms with Crippen LogP contribution in [0.25, 0.3) is 0 Å². The van der Waals surface area contributed by atoms with Gasteiger partial charge < -0.3 is 21.3 Å². The van der Waals surface area contributed by atoms with E-state index in [1.54, 1.807) is 6.07 Å². The summed E-state index contributed by atoms with van der Waals surface area (Å²) in [7, 11) is 0. The van der Waals surface area contributed by atoms with Gasteiger partial charge in [-0.15, -0.1) is 0 Å². The summed E-state index contributed by atoms with van der Waals surface area (Å²) in [6, 6.07) is 10.8. The van der Waals surface area contributed by atoms with Gasteiger partial charge in [-0.05, 0) is 61.2 Å². The maximum atomic E-state index is 13.5. The standard InChI is InChI=1S/C22H22FN7O/c23-18-2-1-3-19(28-18)29-20-17(21(31)26-15-6-7-15)12-25-22(30-20)27-16-5-4-13-8-9-24-11-14(13)10-16/h1-5,10,12,15,24H,6-9,11H2,(H,26,31)(H2,25,27,28,29,30). The number of aromatic nitrogens is 3. The van der Waals surface area contributed by atoms with E-state index in [-0.39, 0.29) is 29.1 Å². The van der Waals surface area contributed by atoms with E-state index in [0.29, 0.717) is 5.95 Å². The molecule has 1 amide bonds. The molecule has 0 atom stereocenters. The lowest BCUT2D eigenvalue weighted by atomic mass is 10.0. The van der Waals surface area contributed by atoms with Crippen molar-refractivity contribution in [1.29, 1.82) is 0 Å². The largest absolute Gasteiger partial charge is 0.349 e. The lowest BCUT2D eigenvalue weighted by Crippen LogP contribution is -2.26. The molecule has 2 aromatic heterocycles. The molecule has 1 fully saturated rings. The highest BCUT2D eigenvalue weighted by Gasteiger charge is 2.26. The zero-order valence-electron chi connectivity index (χ0n) is 16.8. The third-order valence-corrected chi connectivity index (χ3v) is 5.26. The molecule has 0 unspecified atom stereocenters. The number of nitrogens with zero attached hydrogens (tertiary/aromatic N) is 3. The molecule has 3 aromatic rings. The van der Waals surface area contributed by atoms with Crippen molar-refractivity contribution in [1.82, 2.24) is 25.6 Å². The van der Waals surface area contributed by atoms with Crippen LogP contribution >= 0.6 is 0 Å². The summed E-state index contributed by atoms with van der Waals surface area (Å²) in [6.07, 6.45) is 4.40. The zero-order chi connectivity index (χ0) is 21.2. The summed E-state index contributed by atoms with van der Waals surface area (Å²) in [6.45, 7) is 1.81. The topological polar surface area (TPSA) is 104 Å². The van der Waals surface area contributed by atoms with E-state index in [1.807, 2.05) is 6.07 Å². The van der Waals surface area contributed by atoms with Crippen LogP contribution in [0.4, 0.5) is 27.7 Å².